The lowest BCUT2D eigenvalue weighted by molar-refractivity contribution is 0.629. The van der Waals surface area contributed by atoms with Gasteiger partial charge in [-0.05, 0) is 48.5 Å². The van der Waals surface area contributed by atoms with Crippen LogP contribution in [0.25, 0.3) is 66.3 Å². The van der Waals surface area contributed by atoms with Crippen molar-refractivity contribution in [3.8, 4) is 22.5 Å². The Hall–Kier alpha value is -4.64. The predicted octanol–water partition coefficient (Wildman–Crippen LogP) is 8.29. The van der Waals surface area contributed by atoms with E-state index in [0.717, 1.165) is 32.7 Å². The van der Waals surface area contributed by atoms with E-state index < -0.39 is 0 Å². The number of pyridine rings is 2. The molecule has 35 heavy (non-hydrogen) atoms. The molecule has 5 heteroatoms. The maximum Gasteiger partial charge on any atom is 0.144 e. The van der Waals surface area contributed by atoms with Crippen LogP contribution in [0.1, 0.15) is 0 Å². The first-order valence-electron chi connectivity index (χ1n) is 11.2. The van der Waals surface area contributed by atoms with E-state index in [1.165, 1.54) is 24.3 Å². The Morgan fingerprint density at radius 2 is 0.971 bits per heavy atom. The highest BCUT2D eigenvalue weighted by atomic mass is 19.1. The molecule has 3 heterocycles. The largest absolute Gasteiger partial charge is 0.455 e. The van der Waals surface area contributed by atoms with E-state index in [4.69, 9.17) is 14.4 Å². The van der Waals surface area contributed by atoms with Crippen LogP contribution in [0, 0.1) is 11.6 Å². The lowest BCUT2D eigenvalue weighted by atomic mass is 10.0. The van der Waals surface area contributed by atoms with Gasteiger partial charge in [-0.1, -0.05) is 36.4 Å². The van der Waals surface area contributed by atoms with Crippen molar-refractivity contribution in [1.29, 1.82) is 0 Å². The molecule has 0 aliphatic rings. The first-order chi connectivity index (χ1) is 17.1. The number of halogens is 2. The van der Waals surface area contributed by atoms with Gasteiger partial charge in [-0.25, -0.2) is 18.7 Å². The van der Waals surface area contributed by atoms with Crippen LogP contribution in [0.4, 0.5) is 8.78 Å². The number of benzene rings is 4. The molecule has 0 amide bonds. The number of hydrogen-bond acceptors (Lipinski definition) is 3. The van der Waals surface area contributed by atoms with Gasteiger partial charge in [-0.15, -0.1) is 0 Å². The molecule has 0 spiro atoms. The molecule has 0 unspecified atom stereocenters. The summed E-state index contributed by atoms with van der Waals surface area (Å²) in [6.45, 7) is 0. The van der Waals surface area contributed by atoms with Crippen molar-refractivity contribution in [2.24, 2.45) is 0 Å². The van der Waals surface area contributed by atoms with Gasteiger partial charge in [0.25, 0.3) is 0 Å². The van der Waals surface area contributed by atoms with E-state index in [0.29, 0.717) is 33.6 Å². The predicted molar refractivity (Wildman–Crippen MR) is 135 cm³/mol. The molecule has 4 aromatic carbocycles. The van der Waals surface area contributed by atoms with Crippen molar-refractivity contribution in [3.63, 3.8) is 0 Å². The summed E-state index contributed by atoms with van der Waals surface area (Å²) in [5.41, 5.74) is 5.62. The molecule has 0 atom stereocenters. The SMILES string of the molecule is Fc1ccc2ccc(-c3cccc4c3oc3c(-c5ccc6ccc(F)cc6n5)cccc34)nc2c1. The van der Waals surface area contributed by atoms with Crippen molar-refractivity contribution < 1.29 is 13.2 Å². The van der Waals surface area contributed by atoms with E-state index in [1.807, 2.05) is 60.7 Å². The van der Waals surface area contributed by atoms with Crippen molar-refractivity contribution in [2.45, 2.75) is 0 Å². The first kappa shape index (κ1) is 19.8. The van der Waals surface area contributed by atoms with Crippen LogP contribution in [0.2, 0.25) is 0 Å². The van der Waals surface area contributed by atoms with E-state index in [-0.39, 0.29) is 11.6 Å². The second-order valence-electron chi connectivity index (χ2n) is 8.53. The highest BCUT2D eigenvalue weighted by Gasteiger charge is 2.17. The summed E-state index contributed by atoms with van der Waals surface area (Å²) in [6.07, 6.45) is 0. The van der Waals surface area contributed by atoms with Gasteiger partial charge in [-0.3, -0.25) is 0 Å². The number of aromatic nitrogens is 2. The average Bonchev–Trinajstić information content (AvgIpc) is 3.27. The van der Waals surface area contributed by atoms with Crippen LogP contribution >= 0.6 is 0 Å². The molecule has 7 aromatic rings. The van der Waals surface area contributed by atoms with Crippen molar-refractivity contribution >= 4 is 43.7 Å². The van der Waals surface area contributed by atoms with Crippen molar-refractivity contribution in [1.82, 2.24) is 9.97 Å². The van der Waals surface area contributed by atoms with E-state index in [1.54, 1.807) is 12.1 Å². The average molecular weight is 458 g/mol. The second-order valence-corrected chi connectivity index (χ2v) is 8.53. The summed E-state index contributed by atoms with van der Waals surface area (Å²) in [6, 6.07) is 28.7. The molecule has 7 rings (SSSR count). The lowest BCUT2D eigenvalue weighted by Crippen LogP contribution is -1.87. The number of fused-ring (bicyclic) bond motifs is 5. The van der Waals surface area contributed by atoms with E-state index in [9.17, 15) is 8.78 Å². The molecule has 0 fully saturated rings. The lowest BCUT2D eigenvalue weighted by Gasteiger charge is -2.05. The Bertz CT molecular complexity index is 1800. The van der Waals surface area contributed by atoms with Crippen LogP contribution < -0.4 is 0 Å². The summed E-state index contributed by atoms with van der Waals surface area (Å²) >= 11 is 0. The third-order valence-electron chi connectivity index (χ3n) is 6.38. The van der Waals surface area contributed by atoms with Gasteiger partial charge in [0.2, 0.25) is 0 Å². The summed E-state index contributed by atoms with van der Waals surface area (Å²) in [4.78, 5) is 9.40. The number of para-hydroxylation sites is 2. The standard InChI is InChI=1S/C30H16F2N2O/c31-19-11-7-17-9-13-25(33-27(17)15-19)23-5-1-3-21-22-4-2-6-24(30(22)35-29(21)23)26-14-10-18-8-12-20(32)16-28(18)34-26/h1-16H. The molecule has 166 valence electrons. The van der Waals surface area contributed by atoms with Gasteiger partial charge in [0.15, 0.2) is 0 Å². The van der Waals surface area contributed by atoms with Crippen LogP contribution in [0.5, 0.6) is 0 Å². The van der Waals surface area contributed by atoms with Crippen LogP contribution in [0.3, 0.4) is 0 Å². The van der Waals surface area contributed by atoms with Gasteiger partial charge >= 0.3 is 0 Å². The van der Waals surface area contributed by atoms with Gasteiger partial charge < -0.3 is 4.42 Å². The van der Waals surface area contributed by atoms with Crippen molar-refractivity contribution in [2.75, 3.05) is 0 Å². The minimum absolute atomic E-state index is 0.323. The summed E-state index contributed by atoms with van der Waals surface area (Å²) in [7, 11) is 0. The Labute approximate surface area is 198 Å². The zero-order valence-electron chi connectivity index (χ0n) is 18.3. The zero-order chi connectivity index (χ0) is 23.5. The van der Waals surface area contributed by atoms with Gasteiger partial charge in [0, 0.05) is 44.8 Å². The van der Waals surface area contributed by atoms with Gasteiger partial charge in [0.1, 0.15) is 22.8 Å². The number of hydrogen-bond donors (Lipinski definition) is 0. The summed E-state index contributed by atoms with van der Waals surface area (Å²) < 4.78 is 34.1. The highest BCUT2D eigenvalue weighted by molar-refractivity contribution is 6.12. The minimum atomic E-state index is -0.323. The smallest absolute Gasteiger partial charge is 0.144 e. The molecule has 0 saturated heterocycles. The highest BCUT2D eigenvalue weighted by Crippen LogP contribution is 2.39. The molecule has 0 radical (unpaired) electrons. The molecular weight excluding hydrogens is 442 g/mol. The van der Waals surface area contributed by atoms with Crippen LogP contribution in [-0.2, 0) is 0 Å². The topological polar surface area (TPSA) is 38.9 Å². The van der Waals surface area contributed by atoms with Crippen molar-refractivity contribution in [3.05, 3.63) is 109 Å². The molecule has 0 bridgehead atoms. The maximum absolute atomic E-state index is 13.8. The Morgan fingerprint density at radius 1 is 0.514 bits per heavy atom. The Morgan fingerprint density at radius 3 is 1.46 bits per heavy atom. The van der Waals surface area contributed by atoms with Crippen LogP contribution in [0.15, 0.2) is 101 Å². The normalized spacial score (nSPS) is 11.7. The molecule has 0 aliphatic heterocycles. The van der Waals surface area contributed by atoms with Crippen LogP contribution in [-0.4, -0.2) is 9.97 Å². The molecule has 3 nitrogen and oxygen atoms in total. The monoisotopic (exact) mass is 458 g/mol. The molecule has 0 N–H and O–H groups in total. The Balaban J connectivity index is 1.46. The number of rotatable bonds is 2. The fraction of sp³-hybridized carbons (Fsp3) is 0. The third kappa shape index (κ3) is 3.16. The summed E-state index contributed by atoms with van der Waals surface area (Å²) in [5, 5.41) is 3.64. The van der Waals surface area contributed by atoms with E-state index >= 15 is 0 Å². The molecule has 3 aromatic heterocycles. The molecule has 0 saturated carbocycles. The fourth-order valence-electron chi connectivity index (χ4n) is 4.70. The van der Waals surface area contributed by atoms with Gasteiger partial charge in [0.05, 0.1) is 22.4 Å². The van der Waals surface area contributed by atoms with E-state index in [2.05, 4.69) is 0 Å². The fourth-order valence-corrected chi connectivity index (χ4v) is 4.70. The second kappa shape index (κ2) is 7.43. The molecular formula is C30H16F2N2O. The summed E-state index contributed by atoms with van der Waals surface area (Å²) in [5.74, 6) is -0.645. The minimum Gasteiger partial charge on any atom is -0.455 e. The maximum atomic E-state index is 13.8. The first-order valence-corrected chi connectivity index (χ1v) is 11.2. The third-order valence-corrected chi connectivity index (χ3v) is 6.38. The zero-order valence-corrected chi connectivity index (χ0v) is 18.3. The van der Waals surface area contributed by atoms with Gasteiger partial charge in [-0.2, -0.15) is 0 Å². The quantitative estimate of drug-likeness (QED) is 0.262. The number of nitrogens with zero attached hydrogens (tertiary/aromatic N) is 2. The number of furan rings is 1. The molecule has 0 aliphatic carbocycles. The Kier molecular flexibility index (Phi) is 4.20.